The molecule has 111 heavy (non-hydrogen) atoms. The number of hydrogen-bond acceptors (Lipinski definition) is 20. The van der Waals surface area contributed by atoms with Crippen molar-refractivity contribution < 1.29 is 82.1 Å². The van der Waals surface area contributed by atoms with Gasteiger partial charge in [0.2, 0.25) is 82.7 Å². The normalized spacial score (nSPS) is 30.9. The van der Waals surface area contributed by atoms with Crippen LogP contribution in [0.1, 0.15) is 210 Å². The number of carbonyl (C=O) groups is 15. The molecular weight excluding hydrogens is 1480 g/mol. The van der Waals surface area contributed by atoms with E-state index < -0.39 is 209 Å². The van der Waals surface area contributed by atoms with Crippen molar-refractivity contribution in [1.82, 2.24) is 67.9 Å². The molecule has 18 N–H and O–H groups in total. The third kappa shape index (κ3) is 25.8. The number of nitrogens with zero attached hydrogens (tertiary/aromatic N) is 4. The molecule has 18 atom stereocenters. The highest BCUT2D eigenvalue weighted by Gasteiger charge is 2.53. The molecule has 0 aromatic heterocycles. The molecule has 5 saturated heterocycles. The third-order valence-electron chi connectivity index (χ3n) is 22.7. The van der Waals surface area contributed by atoms with E-state index in [1.807, 2.05) is 13.8 Å². The lowest BCUT2D eigenvalue weighted by atomic mass is 9.85. The SMILES string of the molecule is CC[C@H](C)[C@@H]1CC(=O)CCCCNC(=O)CC[C@@H](C(N)=O)NC(=O)[C@@H]2CCCN2C(=O)[C@H]([C@@H](C)CC)NC(=O)[C@H]2NC(=O)[C@H]([C@@H](C)CC)NC(=O)[C@@H]3C[C@@H]4CCCCCC4N3C(=O)[C@@H]3CCCN3C(=O)[C@H](CC(C)C)NC(=O)[C@H](CO)NC(=O)[C@H](CCCN=C(N)N)NC(=O)[C@H](CO)NC(=O)[C@H](CSSC2(C)C)NC1=O. The Kier molecular flexibility index (Phi) is 36.5. The molecule has 6 aliphatic rings. The van der Waals surface area contributed by atoms with Gasteiger partial charge < -0.3 is 95.3 Å². The summed E-state index contributed by atoms with van der Waals surface area (Å²) in [5.41, 5.74) is 17.0. The zero-order valence-corrected chi connectivity index (χ0v) is 68.0. The fourth-order valence-corrected chi connectivity index (χ4v) is 18.3. The van der Waals surface area contributed by atoms with Crippen LogP contribution in [0.25, 0.3) is 0 Å². The van der Waals surface area contributed by atoms with E-state index in [0.717, 1.165) is 40.9 Å². The van der Waals surface area contributed by atoms with Crippen LogP contribution in [0.4, 0.5) is 0 Å². The molecule has 0 spiro atoms. The molecule has 1 aliphatic carbocycles. The number of ketones is 1. The second-order valence-electron chi connectivity index (χ2n) is 31.8. The average Bonchev–Trinajstić information content (AvgIpc) is 1.63. The fraction of sp³-hybridized carbons (Fsp3) is 0.787. The Labute approximate surface area is 659 Å². The monoisotopic (exact) mass is 1600 g/mol. The predicted octanol–water partition coefficient (Wildman–Crippen LogP) is -0.581. The van der Waals surface area contributed by atoms with Gasteiger partial charge in [-0.15, -0.1) is 0 Å². The van der Waals surface area contributed by atoms with E-state index in [4.69, 9.17) is 17.2 Å². The van der Waals surface area contributed by atoms with E-state index in [1.165, 1.54) is 9.80 Å². The van der Waals surface area contributed by atoms with Gasteiger partial charge in [0.15, 0.2) is 5.96 Å². The van der Waals surface area contributed by atoms with Crippen LogP contribution in [-0.4, -0.2) is 248 Å². The number of aliphatic imine (C=N–C) groups is 1. The molecule has 5 aliphatic heterocycles. The van der Waals surface area contributed by atoms with Crippen LogP contribution in [0.5, 0.6) is 0 Å². The summed E-state index contributed by atoms with van der Waals surface area (Å²) < 4.78 is -1.53. The summed E-state index contributed by atoms with van der Waals surface area (Å²) in [4.78, 5) is 229. The maximum atomic E-state index is 15.8. The molecule has 0 aromatic carbocycles. The van der Waals surface area contributed by atoms with Gasteiger partial charge in [0.05, 0.1) is 13.2 Å². The number of Topliss-reactive ketones (excluding diaryl/α,β-unsaturated/α-hetero) is 1. The number of guanidine groups is 1. The van der Waals surface area contributed by atoms with Gasteiger partial charge >= 0.3 is 0 Å². The summed E-state index contributed by atoms with van der Waals surface area (Å²) in [5.74, 6) is -15.5. The Morgan fingerprint density at radius 2 is 1.13 bits per heavy atom. The largest absolute Gasteiger partial charge is 0.394 e. The summed E-state index contributed by atoms with van der Waals surface area (Å²) in [6, 6.07) is -17.8. The first-order valence-electron chi connectivity index (χ1n) is 39.9. The smallest absolute Gasteiger partial charge is 0.246 e. The summed E-state index contributed by atoms with van der Waals surface area (Å²) in [6.45, 7) is 15.5. The number of hydrogen-bond donors (Lipinski definition) is 15. The number of fused-ring (bicyclic) bond motifs is 10. The molecule has 1 saturated carbocycles. The van der Waals surface area contributed by atoms with E-state index in [-0.39, 0.29) is 120 Å². The lowest BCUT2D eigenvalue weighted by molar-refractivity contribution is -0.150. The summed E-state index contributed by atoms with van der Waals surface area (Å²) in [5, 5.41) is 49.0. The van der Waals surface area contributed by atoms with Gasteiger partial charge in [-0.1, -0.05) is 116 Å². The molecule has 0 radical (unpaired) electrons. The number of amides is 14. The molecule has 36 heteroatoms. The quantitative estimate of drug-likeness (QED) is 0.0422. The number of primary amides is 1. The van der Waals surface area contributed by atoms with Crippen LogP contribution >= 0.6 is 21.6 Å². The van der Waals surface area contributed by atoms with Crippen molar-refractivity contribution in [3.8, 4) is 0 Å². The molecular formula is C75H125N17O17S2. The Bertz CT molecular complexity index is 3330. The minimum Gasteiger partial charge on any atom is -0.394 e. The molecule has 6 fully saturated rings. The van der Waals surface area contributed by atoms with Gasteiger partial charge in [0.1, 0.15) is 78.3 Å². The predicted molar refractivity (Wildman–Crippen MR) is 417 cm³/mol. The van der Waals surface area contributed by atoms with Crippen molar-refractivity contribution in [3.63, 3.8) is 0 Å². The van der Waals surface area contributed by atoms with E-state index in [2.05, 4.69) is 58.2 Å². The topological polar surface area (TPSA) is 517 Å². The summed E-state index contributed by atoms with van der Waals surface area (Å²) >= 11 is 0. The number of carbonyl (C=O) groups excluding carboxylic acids is 15. The molecule has 624 valence electrons. The molecule has 6 rings (SSSR count). The molecule has 1 unspecified atom stereocenters. The van der Waals surface area contributed by atoms with Crippen LogP contribution in [0, 0.1) is 35.5 Å². The number of nitrogens with one attached hydrogen (secondary N) is 10. The Morgan fingerprint density at radius 1 is 0.550 bits per heavy atom. The van der Waals surface area contributed by atoms with Crippen LogP contribution < -0.4 is 70.4 Å². The Morgan fingerprint density at radius 3 is 1.75 bits per heavy atom. The first kappa shape index (κ1) is 92.0. The van der Waals surface area contributed by atoms with Crippen LogP contribution in [-0.2, 0) is 71.9 Å². The molecule has 34 nitrogen and oxygen atoms in total. The highest BCUT2D eigenvalue weighted by Crippen LogP contribution is 2.42. The van der Waals surface area contributed by atoms with Gasteiger partial charge in [0, 0.05) is 67.9 Å². The van der Waals surface area contributed by atoms with Crippen molar-refractivity contribution in [2.75, 3.05) is 45.1 Å². The highest BCUT2D eigenvalue weighted by atomic mass is 33.1. The van der Waals surface area contributed by atoms with Crippen molar-refractivity contribution in [2.24, 2.45) is 57.7 Å². The second kappa shape index (κ2) is 44.0. The third-order valence-corrected chi connectivity index (χ3v) is 26.0. The maximum Gasteiger partial charge on any atom is 0.246 e. The highest BCUT2D eigenvalue weighted by molar-refractivity contribution is 8.77. The Hall–Kier alpha value is -7.86. The fourth-order valence-electron chi connectivity index (χ4n) is 15.5. The molecule has 14 amide bonds. The molecule has 5 heterocycles. The van der Waals surface area contributed by atoms with E-state index in [0.29, 0.717) is 51.4 Å². The van der Waals surface area contributed by atoms with Crippen LogP contribution in [0.3, 0.4) is 0 Å². The zero-order valence-electron chi connectivity index (χ0n) is 66.3. The van der Waals surface area contributed by atoms with E-state index >= 15 is 33.6 Å². The minimum absolute atomic E-state index is 0.0136. The number of rotatable bonds is 15. The lowest BCUT2D eigenvalue weighted by Crippen LogP contribution is -2.64. The number of aliphatic hydroxyl groups excluding tert-OH is 2. The second-order valence-corrected chi connectivity index (χ2v) is 34.8. The van der Waals surface area contributed by atoms with Crippen molar-refractivity contribution >= 4 is 116 Å². The summed E-state index contributed by atoms with van der Waals surface area (Å²) in [7, 11) is 1.90. The number of aliphatic hydroxyl groups is 2. The average molecular weight is 1600 g/mol. The minimum atomic E-state index is -1.87. The van der Waals surface area contributed by atoms with Gasteiger partial charge in [0.25, 0.3) is 0 Å². The van der Waals surface area contributed by atoms with Gasteiger partial charge in [-0.05, 0) is 127 Å². The van der Waals surface area contributed by atoms with Crippen molar-refractivity contribution in [1.29, 1.82) is 0 Å². The van der Waals surface area contributed by atoms with Crippen LogP contribution in [0.2, 0.25) is 0 Å². The first-order chi connectivity index (χ1) is 52.6. The zero-order chi connectivity index (χ0) is 82.1. The summed E-state index contributed by atoms with van der Waals surface area (Å²) in [6.07, 6.45) is 5.63. The van der Waals surface area contributed by atoms with E-state index in [9.17, 15) is 48.6 Å². The van der Waals surface area contributed by atoms with Crippen molar-refractivity contribution in [2.45, 2.75) is 294 Å². The van der Waals surface area contributed by atoms with Crippen LogP contribution in [0.15, 0.2) is 4.99 Å². The number of nitrogens with two attached hydrogens (primary N) is 3. The van der Waals surface area contributed by atoms with Crippen molar-refractivity contribution in [3.05, 3.63) is 0 Å². The first-order valence-corrected chi connectivity index (χ1v) is 42.3. The molecule has 2 bridgehead atoms. The lowest BCUT2D eigenvalue weighted by Gasteiger charge is -2.38. The van der Waals surface area contributed by atoms with Gasteiger partial charge in [-0.25, -0.2) is 0 Å². The maximum absolute atomic E-state index is 15.8. The van der Waals surface area contributed by atoms with Gasteiger partial charge in [-0.2, -0.15) is 0 Å². The van der Waals surface area contributed by atoms with Gasteiger partial charge in [-0.3, -0.25) is 76.9 Å². The standard InChI is InChI=1S/C75H125N17O17S2/c1-11-41(6)46-36-45(95)23-17-18-30-79-57(96)29-28-47(61(76)97)81-67(103)54-26-20-32-90(54)73(109)59(43(8)13-3)88-70(106)60-75(9,10)111-110-39-52(86-62(46)98)66(102)85-50(37-93)64(100)82-48(24-19-31-80-74(77)78)63(99)84-51(38-94)65(101)83-49(34-40(4)5)71(107)91-33-21-27-55(91)72(108)92-53-25-16-14-15-22-44(53)35-56(92)68(104)87-58(42(7)12-2)69(105)89-60/h40-44,46-56,58-60,93-94H,11-39H2,1-10H3,(H2,76,97)(H,79,96)(H,81,103)(H,82,100)(H,83,101)(H,84,99)(H,85,102)(H,86,98)(H,87,104)(H,88,106)(H,89,105)(H4,77,78,80)/t41-,42-,43-,44-,46-,47-,48-,49-,50-,51-,52-,53?,54-,55-,56-,58-,59-,60+/m0/s1. The molecule has 0 aromatic rings. The Balaban J connectivity index is 1.53. The van der Waals surface area contributed by atoms with E-state index in [1.54, 1.807) is 60.3 Å².